The Morgan fingerprint density at radius 1 is 1.19 bits per heavy atom. The number of halogens is 2. The van der Waals surface area contributed by atoms with Crippen molar-refractivity contribution in [2.24, 2.45) is 10.2 Å². The van der Waals surface area contributed by atoms with E-state index in [0.717, 1.165) is 16.9 Å². The fourth-order valence-corrected chi connectivity index (χ4v) is 3.59. The SMILES string of the molecule is COc1ccc(/C=N/N=C2/NC(=O)C(Cc3ccc(Cl)c(Cl)c3)S2)cc1. The van der Waals surface area contributed by atoms with Crippen LogP contribution in [-0.2, 0) is 11.2 Å². The fourth-order valence-electron chi connectivity index (χ4n) is 2.31. The molecule has 0 saturated carbocycles. The van der Waals surface area contributed by atoms with Gasteiger partial charge in [0.1, 0.15) is 5.75 Å². The lowest BCUT2D eigenvalue weighted by Crippen LogP contribution is -2.25. The van der Waals surface area contributed by atoms with Gasteiger partial charge in [-0.2, -0.15) is 5.10 Å². The third kappa shape index (κ3) is 4.78. The number of amides is 1. The van der Waals surface area contributed by atoms with E-state index in [1.54, 1.807) is 25.5 Å². The summed E-state index contributed by atoms with van der Waals surface area (Å²) in [6.07, 6.45) is 2.15. The minimum Gasteiger partial charge on any atom is -0.497 e. The maximum atomic E-state index is 12.1. The van der Waals surface area contributed by atoms with Crippen molar-refractivity contribution in [1.82, 2.24) is 5.32 Å². The molecule has 2 aromatic rings. The normalized spacial score (nSPS) is 18.5. The molecule has 0 aliphatic carbocycles. The van der Waals surface area contributed by atoms with Gasteiger partial charge in [0.25, 0.3) is 0 Å². The van der Waals surface area contributed by atoms with Crippen LogP contribution in [0.2, 0.25) is 10.0 Å². The van der Waals surface area contributed by atoms with Gasteiger partial charge >= 0.3 is 0 Å². The van der Waals surface area contributed by atoms with Crippen LogP contribution in [0.4, 0.5) is 0 Å². The molecule has 1 atom stereocenters. The average Bonchev–Trinajstić information content (AvgIpc) is 2.98. The lowest BCUT2D eigenvalue weighted by Gasteiger charge is -2.06. The molecule has 1 N–H and O–H groups in total. The molecule has 26 heavy (non-hydrogen) atoms. The standard InChI is InChI=1S/C18H15Cl2N3O2S/c1-25-13-5-2-11(3-6-13)10-21-23-18-22-17(24)16(26-18)9-12-4-7-14(19)15(20)8-12/h2-8,10,16H,9H2,1H3,(H,22,23,24)/b21-10+. The summed E-state index contributed by atoms with van der Waals surface area (Å²) in [6.45, 7) is 0. The predicted octanol–water partition coefficient (Wildman–Crippen LogP) is 4.17. The van der Waals surface area contributed by atoms with Crippen molar-refractivity contribution in [2.75, 3.05) is 7.11 Å². The molecule has 0 aromatic heterocycles. The Labute approximate surface area is 165 Å². The van der Waals surface area contributed by atoms with E-state index in [-0.39, 0.29) is 11.2 Å². The van der Waals surface area contributed by atoms with E-state index < -0.39 is 0 Å². The van der Waals surface area contributed by atoms with Gasteiger partial charge in [-0.15, -0.1) is 5.10 Å². The first-order valence-electron chi connectivity index (χ1n) is 7.71. The van der Waals surface area contributed by atoms with Gasteiger partial charge in [0.05, 0.1) is 28.6 Å². The average molecular weight is 408 g/mol. The third-order valence-corrected chi connectivity index (χ3v) is 5.46. The number of hydrogen-bond acceptors (Lipinski definition) is 5. The van der Waals surface area contributed by atoms with E-state index in [4.69, 9.17) is 27.9 Å². The number of hydrogen-bond donors (Lipinski definition) is 1. The van der Waals surface area contributed by atoms with E-state index in [1.165, 1.54) is 11.8 Å². The number of nitrogens with one attached hydrogen (secondary N) is 1. The molecular weight excluding hydrogens is 393 g/mol. The van der Waals surface area contributed by atoms with Crippen LogP contribution in [-0.4, -0.2) is 29.6 Å². The maximum absolute atomic E-state index is 12.1. The monoisotopic (exact) mass is 407 g/mol. The van der Waals surface area contributed by atoms with E-state index >= 15 is 0 Å². The summed E-state index contributed by atoms with van der Waals surface area (Å²) < 4.78 is 5.10. The summed E-state index contributed by atoms with van der Waals surface area (Å²) in [5.41, 5.74) is 1.83. The topological polar surface area (TPSA) is 63.1 Å². The van der Waals surface area contributed by atoms with Gasteiger partial charge in [0, 0.05) is 0 Å². The van der Waals surface area contributed by atoms with Crippen LogP contribution in [0.25, 0.3) is 0 Å². The summed E-state index contributed by atoms with van der Waals surface area (Å²) in [5.74, 6) is 0.677. The highest BCUT2D eigenvalue weighted by atomic mass is 35.5. The molecule has 8 heteroatoms. The molecule has 3 rings (SSSR count). The molecule has 1 saturated heterocycles. The van der Waals surface area contributed by atoms with Crippen molar-refractivity contribution in [2.45, 2.75) is 11.7 Å². The number of benzene rings is 2. The Hall–Kier alpha value is -2.02. The number of carbonyl (C=O) groups is 1. The first-order chi connectivity index (χ1) is 12.5. The van der Waals surface area contributed by atoms with Crippen molar-refractivity contribution in [3.8, 4) is 5.75 Å². The zero-order valence-electron chi connectivity index (χ0n) is 13.8. The van der Waals surface area contributed by atoms with Crippen molar-refractivity contribution in [3.63, 3.8) is 0 Å². The Morgan fingerprint density at radius 2 is 1.96 bits per heavy atom. The molecule has 1 unspecified atom stereocenters. The van der Waals surface area contributed by atoms with Crippen LogP contribution in [0, 0.1) is 0 Å². The predicted molar refractivity (Wildman–Crippen MR) is 108 cm³/mol. The van der Waals surface area contributed by atoms with Crippen LogP contribution < -0.4 is 10.1 Å². The summed E-state index contributed by atoms with van der Waals surface area (Å²) >= 11 is 13.3. The second-order valence-corrected chi connectivity index (χ2v) is 7.48. The summed E-state index contributed by atoms with van der Waals surface area (Å²) in [5, 5.41) is 12.0. The van der Waals surface area contributed by atoms with Gasteiger partial charge < -0.3 is 10.1 Å². The van der Waals surface area contributed by atoms with E-state index in [2.05, 4.69) is 15.5 Å². The Kier molecular flexibility index (Phi) is 6.19. The molecule has 0 bridgehead atoms. The minimum absolute atomic E-state index is 0.0977. The summed E-state index contributed by atoms with van der Waals surface area (Å²) in [7, 11) is 1.61. The van der Waals surface area contributed by atoms with Crippen LogP contribution >= 0.6 is 35.0 Å². The molecule has 134 valence electrons. The number of rotatable bonds is 5. The van der Waals surface area contributed by atoms with Gasteiger partial charge in [-0.25, -0.2) is 0 Å². The Balaban J connectivity index is 1.61. The number of carbonyl (C=O) groups excluding carboxylic acids is 1. The van der Waals surface area contributed by atoms with Crippen LogP contribution in [0.15, 0.2) is 52.7 Å². The molecule has 2 aromatic carbocycles. The molecule has 1 amide bonds. The largest absolute Gasteiger partial charge is 0.497 e. The fraction of sp³-hybridized carbons (Fsp3) is 0.167. The van der Waals surface area contributed by atoms with Gasteiger partial charge in [0.15, 0.2) is 5.17 Å². The zero-order valence-corrected chi connectivity index (χ0v) is 16.1. The molecule has 5 nitrogen and oxygen atoms in total. The maximum Gasteiger partial charge on any atom is 0.239 e. The Morgan fingerprint density at radius 3 is 2.65 bits per heavy atom. The van der Waals surface area contributed by atoms with Crippen molar-refractivity contribution in [3.05, 3.63) is 63.6 Å². The van der Waals surface area contributed by atoms with Gasteiger partial charge in [-0.1, -0.05) is 41.0 Å². The van der Waals surface area contributed by atoms with E-state index in [0.29, 0.717) is 21.6 Å². The highest BCUT2D eigenvalue weighted by molar-refractivity contribution is 8.15. The molecule has 1 heterocycles. The summed E-state index contributed by atoms with van der Waals surface area (Å²) in [6, 6.07) is 12.8. The quantitative estimate of drug-likeness (QED) is 0.597. The Bertz CT molecular complexity index is 869. The first-order valence-corrected chi connectivity index (χ1v) is 9.35. The minimum atomic E-state index is -0.276. The van der Waals surface area contributed by atoms with Crippen LogP contribution in [0.5, 0.6) is 5.75 Å². The van der Waals surface area contributed by atoms with Gasteiger partial charge in [-0.05, 0) is 53.9 Å². The van der Waals surface area contributed by atoms with E-state index in [1.807, 2.05) is 30.3 Å². The first kappa shape index (κ1) is 18.8. The zero-order chi connectivity index (χ0) is 18.5. The lowest BCUT2D eigenvalue weighted by atomic mass is 10.1. The third-order valence-electron chi connectivity index (χ3n) is 3.65. The van der Waals surface area contributed by atoms with Crippen LogP contribution in [0.3, 0.4) is 0 Å². The number of nitrogens with zero attached hydrogens (tertiary/aromatic N) is 2. The number of amidine groups is 1. The number of ether oxygens (including phenoxy) is 1. The molecule has 1 fully saturated rings. The highest BCUT2D eigenvalue weighted by Gasteiger charge is 2.30. The molecular formula is C18H15Cl2N3O2S. The summed E-state index contributed by atoms with van der Waals surface area (Å²) in [4.78, 5) is 12.1. The number of thioether (sulfide) groups is 1. The van der Waals surface area contributed by atoms with Crippen molar-refractivity contribution >= 4 is 52.3 Å². The second kappa shape index (κ2) is 8.58. The molecule has 1 aliphatic rings. The molecule has 0 spiro atoms. The second-order valence-electron chi connectivity index (χ2n) is 5.47. The van der Waals surface area contributed by atoms with Gasteiger partial charge in [-0.3, -0.25) is 4.79 Å². The highest BCUT2D eigenvalue weighted by Crippen LogP contribution is 2.27. The number of methoxy groups -OCH3 is 1. The van der Waals surface area contributed by atoms with E-state index in [9.17, 15) is 4.79 Å². The van der Waals surface area contributed by atoms with Gasteiger partial charge in [0.2, 0.25) is 5.91 Å². The molecule has 0 radical (unpaired) electrons. The van der Waals surface area contributed by atoms with Crippen molar-refractivity contribution in [1.29, 1.82) is 0 Å². The van der Waals surface area contributed by atoms with Crippen LogP contribution in [0.1, 0.15) is 11.1 Å². The smallest absolute Gasteiger partial charge is 0.239 e. The van der Waals surface area contributed by atoms with Crippen molar-refractivity contribution < 1.29 is 9.53 Å². The lowest BCUT2D eigenvalue weighted by molar-refractivity contribution is -0.118. The molecule has 1 aliphatic heterocycles.